The van der Waals surface area contributed by atoms with Gasteiger partial charge in [0.2, 0.25) is 0 Å². The van der Waals surface area contributed by atoms with Crippen LogP contribution in [0.15, 0.2) is 65.2 Å². The summed E-state index contributed by atoms with van der Waals surface area (Å²) < 4.78 is 1.84. The van der Waals surface area contributed by atoms with Crippen LogP contribution in [-0.2, 0) is 6.42 Å². The maximum atomic E-state index is 11.9. The normalized spacial score (nSPS) is 10.9. The van der Waals surface area contributed by atoms with Crippen LogP contribution in [0.1, 0.15) is 21.7 Å². The molecular formula is C21H27IN6OS. The van der Waals surface area contributed by atoms with Crippen molar-refractivity contribution in [2.24, 2.45) is 4.99 Å². The molecule has 0 aliphatic heterocycles. The average Bonchev–Trinajstić information content (AvgIpc) is 3.47. The number of nitrogens with zero attached hydrogens (tertiary/aromatic N) is 3. The summed E-state index contributed by atoms with van der Waals surface area (Å²) >= 11 is 1.45. The summed E-state index contributed by atoms with van der Waals surface area (Å²) in [6.07, 6.45) is 5.43. The lowest BCUT2D eigenvalue weighted by Crippen LogP contribution is -2.39. The van der Waals surface area contributed by atoms with Crippen LogP contribution in [0.4, 0.5) is 0 Å². The van der Waals surface area contributed by atoms with E-state index < -0.39 is 0 Å². The number of aromatic nitrogens is 2. The number of hydrogen-bond acceptors (Lipinski definition) is 4. The Morgan fingerprint density at radius 1 is 1.07 bits per heavy atom. The number of halogens is 1. The summed E-state index contributed by atoms with van der Waals surface area (Å²) in [7, 11) is 1.76. The summed E-state index contributed by atoms with van der Waals surface area (Å²) in [5.74, 6) is 0.754. The van der Waals surface area contributed by atoms with E-state index in [1.807, 2.05) is 34.5 Å². The van der Waals surface area contributed by atoms with Crippen LogP contribution in [-0.4, -0.2) is 48.3 Å². The molecule has 3 N–H and O–H groups in total. The SMILES string of the molecule is CN=C(NCCCNC(=O)c1cccs1)NCCc1ccc(-n2cccn2)cc1.I. The Balaban J connectivity index is 0.00000320. The first-order valence-corrected chi connectivity index (χ1v) is 10.5. The fraction of sp³-hybridized carbons (Fsp3) is 0.286. The molecule has 0 spiro atoms. The van der Waals surface area contributed by atoms with Crippen LogP contribution >= 0.6 is 35.3 Å². The molecule has 0 atom stereocenters. The van der Waals surface area contributed by atoms with Crippen molar-refractivity contribution in [3.8, 4) is 5.69 Å². The maximum absolute atomic E-state index is 11.9. The minimum absolute atomic E-state index is 0. The van der Waals surface area contributed by atoms with Gasteiger partial charge in [-0.1, -0.05) is 18.2 Å². The smallest absolute Gasteiger partial charge is 0.261 e. The van der Waals surface area contributed by atoms with Crippen molar-refractivity contribution in [3.05, 3.63) is 70.7 Å². The Hall–Kier alpha value is -2.40. The van der Waals surface area contributed by atoms with Crippen molar-refractivity contribution in [3.63, 3.8) is 0 Å². The minimum Gasteiger partial charge on any atom is -0.356 e. The summed E-state index contributed by atoms with van der Waals surface area (Å²) in [5, 5.41) is 15.6. The van der Waals surface area contributed by atoms with Crippen molar-refractivity contribution in [2.75, 3.05) is 26.7 Å². The molecule has 0 fully saturated rings. The van der Waals surface area contributed by atoms with Crippen LogP contribution in [0, 0.1) is 0 Å². The van der Waals surface area contributed by atoms with E-state index in [1.165, 1.54) is 16.9 Å². The van der Waals surface area contributed by atoms with E-state index in [4.69, 9.17) is 0 Å². The van der Waals surface area contributed by atoms with Crippen LogP contribution in [0.25, 0.3) is 5.69 Å². The summed E-state index contributed by atoms with van der Waals surface area (Å²) in [4.78, 5) is 16.8. The highest BCUT2D eigenvalue weighted by Gasteiger charge is 2.05. The van der Waals surface area contributed by atoms with Gasteiger partial charge in [-0.05, 0) is 48.1 Å². The summed E-state index contributed by atoms with van der Waals surface area (Å²) in [6.45, 7) is 2.15. The molecule has 9 heteroatoms. The average molecular weight is 538 g/mol. The van der Waals surface area contributed by atoms with E-state index in [2.05, 4.69) is 50.3 Å². The molecule has 0 bridgehead atoms. The Bertz CT molecular complexity index is 894. The van der Waals surface area contributed by atoms with Gasteiger partial charge in [-0.2, -0.15) is 5.10 Å². The van der Waals surface area contributed by atoms with Crippen molar-refractivity contribution in [1.29, 1.82) is 0 Å². The zero-order chi connectivity index (χ0) is 20.3. The van der Waals surface area contributed by atoms with Gasteiger partial charge in [-0.25, -0.2) is 4.68 Å². The third-order valence-corrected chi connectivity index (χ3v) is 5.18. The first kappa shape index (κ1) is 23.9. The second-order valence-corrected chi connectivity index (χ2v) is 7.33. The minimum atomic E-state index is -0.0129. The third kappa shape index (κ3) is 7.45. The van der Waals surface area contributed by atoms with E-state index in [0.29, 0.717) is 6.54 Å². The topological polar surface area (TPSA) is 83.3 Å². The first-order chi connectivity index (χ1) is 14.3. The van der Waals surface area contributed by atoms with Crippen molar-refractivity contribution in [1.82, 2.24) is 25.7 Å². The highest BCUT2D eigenvalue weighted by Crippen LogP contribution is 2.09. The number of carbonyl (C=O) groups is 1. The second kappa shape index (κ2) is 13.0. The number of thiophene rings is 1. The molecule has 0 radical (unpaired) electrons. The predicted octanol–water partition coefficient (Wildman–Crippen LogP) is 3.08. The van der Waals surface area contributed by atoms with E-state index >= 15 is 0 Å². The van der Waals surface area contributed by atoms with Crippen LogP contribution in [0.2, 0.25) is 0 Å². The number of benzene rings is 1. The molecule has 1 amide bonds. The van der Waals surface area contributed by atoms with E-state index in [0.717, 1.165) is 42.5 Å². The Labute approximate surface area is 198 Å². The number of rotatable bonds is 9. The lowest BCUT2D eigenvalue weighted by molar-refractivity contribution is 0.0957. The van der Waals surface area contributed by atoms with Crippen molar-refractivity contribution in [2.45, 2.75) is 12.8 Å². The number of aliphatic imine (C=N–C) groups is 1. The molecule has 160 valence electrons. The number of guanidine groups is 1. The third-order valence-electron chi connectivity index (χ3n) is 4.31. The predicted molar refractivity (Wildman–Crippen MR) is 133 cm³/mol. The molecule has 7 nitrogen and oxygen atoms in total. The van der Waals surface area contributed by atoms with Gasteiger partial charge < -0.3 is 16.0 Å². The maximum Gasteiger partial charge on any atom is 0.261 e. The first-order valence-electron chi connectivity index (χ1n) is 9.61. The lowest BCUT2D eigenvalue weighted by atomic mass is 10.1. The van der Waals surface area contributed by atoms with Crippen LogP contribution in [0.3, 0.4) is 0 Å². The Kier molecular flexibility index (Phi) is 10.4. The molecular weight excluding hydrogens is 511 g/mol. The van der Waals surface area contributed by atoms with Gasteiger partial charge in [-0.3, -0.25) is 9.79 Å². The highest BCUT2D eigenvalue weighted by atomic mass is 127. The second-order valence-electron chi connectivity index (χ2n) is 6.38. The zero-order valence-electron chi connectivity index (χ0n) is 16.9. The van der Waals surface area contributed by atoms with Crippen LogP contribution in [0.5, 0.6) is 0 Å². The molecule has 1 aromatic carbocycles. The zero-order valence-corrected chi connectivity index (χ0v) is 20.0. The van der Waals surface area contributed by atoms with Crippen molar-refractivity contribution < 1.29 is 4.79 Å². The highest BCUT2D eigenvalue weighted by molar-refractivity contribution is 14.0. The Morgan fingerprint density at radius 3 is 2.50 bits per heavy atom. The quantitative estimate of drug-likeness (QED) is 0.169. The van der Waals surface area contributed by atoms with Gasteiger partial charge in [0.25, 0.3) is 5.91 Å². The van der Waals surface area contributed by atoms with Gasteiger partial charge in [0, 0.05) is 39.1 Å². The van der Waals surface area contributed by atoms with Gasteiger partial charge in [0.05, 0.1) is 10.6 Å². The largest absolute Gasteiger partial charge is 0.356 e. The Morgan fingerprint density at radius 2 is 1.83 bits per heavy atom. The molecule has 0 saturated heterocycles. The number of hydrogen-bond donors (Lipinski definition) is 3. The van der Waals surface area contributed by atoms with Gasteiger partial charge in [-0.15, -0.1) is 35.3 Å². The lowest BCUT2D eigenvalue weighted by Gasteiger charge is -2.12. The molecule has 0 aliphatic rings. The molecule has 0 aliphatic carbocycles. The molecule has 0 unspecified atom stereocenters. The summed E-state index contributed by atoms with van der Waals surface area (Å²) in [6, 6.07) is 14.0. The van der Waals surface area contributed by atoms with Gasteiger partial charge in [0.15, 0.2) is 5.96 Å². The molecule has 30 heavy (non-hydrogen) atoms. The van der Waals surface area contributed by atoms with Gasteiger partial charge in [0.1, 0.15) is 0 Å². The van der Waals surface area contributed by atoms with E-state index in [-0.39, 0.29) is 29.9 Å². The number of amides is 1. The molecule has 3 aromatic rings. The molecule has 2 aromatic heterocycles. The molecule has 2 heterocycles. The fourth-order valence-electron chi connectivity index (χ4n) is 2.77. The van der Waals surface area contributed by atoms with Crippen molar-refractivity contribution >= 4 is 47.2 Å². The van der Waals surface area contributed by atoms with E-state index in [9.17, 15) is 4.79 Å². The van der Waals surface area contributed by atoms with E-state index in [1.54, 1.807) is 13.2 Å². The monoisotopic (exact) mass is 538 g/mol. The number of carbonyl (C=O) groups excluding carboxylic acids is 1. The fourth-order valence-corrected chi connectivity index (χ4v) is 3.41. The van der Waals surface area contributed by atoms with Crippen LogP contribution < -0.4 is 16.0 Å². The number of nitrogens with one attached hydrogen (secondary N) is 3. The summed E-state index contributed by atoms with van der Waals surface area (Å²) in [5.41, 5.74) is 2.30. The standard InChI is InChI=1S/C21H26N6OS.HI/c1-22-21(24-12-3-11-23-20(28)19-5-2-16-29-19)25-14-10-17-6-8-18(9-7-17)27-15-4-13-26-27;/h2,4-9,13,15-16H,3,10-12,14H2,1H3,(H,23,28)(H2,22,24,25);1H. The van der Waals surface area contributed by atoms with Gasteiger partial charge >= 0.3 is 0 Å². The molecule has 3 rings (SSSR count). The molecule has 0 saturated carbocycles.